The van der Waals surface area contributed by atoms with Gasteiger partial charge < -0.3 is 10.1 Å². The number of aromatic amines is 1. The van der Waals surface area contributed by atoms with Gasteiger partial charge in [-0.25, -0.2) is 0 Å². The number of nitrogens with one attached hydrogen (secondary N) is 2. The highest BCUT2D eigenvalue weighted by Crippen LogP contribution is 2.23. The topological polar surface area (TPSA) is 71.9 Å². The number of carbonyl (C=O) groups is 1. The Kier molecular flexibility index (Phi) is 5.24. The van der Waals surface area contributed by atoms with Gasteiger partial charge >= 0.3 is 0 Å². The summed E-state index contributed by atoms with van der Waals surface area (Å²) in [6.45, 7) is 0.513. The molecule has 1 saturated carbocycles. The molecule has 3 rings (SSSR count). The lowest BCUT2D eigenvalue weighted by atomic mass is 10.2. The molecule has 2 aromatic rings. The van der Waals surface area contributed by atoms with Gasteiger partial charge in [0.05, 0.1) is 17.0 Å². The van der Waals surface area contributed by atoms with E-state index >= 15 is 0 Å². The third-order valence-corrected chi connectivity index (χ3v) is 5.34. The van der Waals surface area contributed by atoms with E-state index in [1.54, 1.807) is 18.4 Å². The molecule has 0 unspecified atom stereocenters. The Hall–Kier alpha value is -1.51. The largest absolute Gasteiger partial charge is 0.379 e. The lowest BCUT2D eigenvalue weighted by Gasteiger charge is -2.19. The van der Waals surface area contributed by atoms with Crippen LogP contribution in [-0.2, 0) is 16.1 Å². The van der Waals surface area contributed by atoms with E-state index in [2.05, 4.69) is 15.5 Å². The number of aromatic nitrogens is 3. The summed E-state index contributed by atoms with van der Waals surface area (Å²) < 4.78 is 7.83. The third kappa shape index (κ3) is 3.70. The molecule has 0 aromatic carbocycles. The highest BCUT2D eigenvalue weighted by Gasteiger charge is 2.28. The fourth-order valence-electron chi connectivity index (χ4n) is 2.98. The molecule has 1 aliphatic carbocycles. The van der Waals surface area contributed by atoms with Gasteiger partial charge in [0, 0.05) is 20.1 Å². The van der Waals surface area contributed by atoms with E-state index in [0.717, 1.165) is 30.0 Å². The highest BCUT2D eigenvalue weighted by atomic mass is 32.1. The average molecular weight is 352 g/mol. The van der Waals surface area contributed by atoms with Crippen LogP contribution in [0.1, 0.15) is 25.7 Å². The first kappa shape index (κ1) is 16.4. The molecule has 0 spiro atoms. The zero-order valence-electron chi connectivity index (χ0n) is 12.9. The summed E-state index contributed by atoms with van der Waals surface area (Å²) in [4.78, 5) is 13.3. The van der Waals surface area contributed by atoms with Crippen molar-refractivity contribution < 1.29 is 9.53 Å². The van der Waals surface area contributed by atoms with Crippen molar-refractivity contribution in [2.75, 3.05) is 7.11 Å². The Morgan fingerprint density at radius 2 is 2.48 bits per heavy atom. The van der Waals surface area contributed by atoms with Crippen LogP contribution in [0.15, 0.2) is 17.5 Å². The standard InChI is InChI=1S/C15H20N4O2S2/c1-21-11-5-2-4-10(11)16-13(20)7-8-19-14(17-18-15(19)22)12-6-3-9-23-12/h3,6,9-11H,2,4-5,7-8H2,1H3,(H,16,20)(H,18,22)/t10-,11-/m1/s1. The zero-order valence-corrected chi connectivity index (χ0v) is 14.6. The molecule has 0 bridgehead atoms. The van der Waals surface area contributed by atoms with Gasteiger partial charge in [-0.3, -0.25) is 14.5 Å². The van der Waals surface area contributed by atoms with Crippen molar-refractivity contribution in [2.45, 2.75) is 44.4 Å². The first-order chi connectivity index (χ1) is 11.2. The molecule has 1 aliphatic rings. The second kappa shape index (κ2) is 7.37. The second-order valence-electron chi connectivity index (χ2n) is 5.61. The van der Waals surface area contributed by atoms with Crippen LogP contribution in [0.2, 0.25) is 0 Å². The van der Waals surface area contributed by atoms with Gasteiger partial charge in [0.25, 0.3) is 0 Å². The molecule has 1 amide bonds. The number of hydrogen-bond acceptors (Lipinski definition) is 5. The van der Waals surface area contributed by atoms with Crippen molar-refractivity contribution in [2.24, 2.45) is 0 Å². The maximum atomic E-state index is 12.2. The molecule has 6 nitrogen and oxygen atoms in total. The number of amides is 1. The molecule has 8 heteroatoms. The predicted octanol–water partition coefficient (Wildman–Crippen LogP) is 2.74. The van der Waals surface area contributed by atoms with Crippen molar-refractivity contribution in [1.82, 2.24) is 20.1 Å². The van der Waals surface area contributed by atoms with E-state index in [1.165, 1.54) is 0 Å². The van der Waals surface area contributed by atoms with Crippen molar-refractivity contribution in [3.63, 3.8) is 0 Å². The van der Waals surface area contributed by atoms with Gasteiger partial charge in [0.2, 0.25) is 5.91 Å². The Labute approximate surface area is 143 Å². The first-order valence-electron chi connectivity index (χ1n) is 7.70. The maximum absolute atomic E-state index is 12.2. The molecule has 2 atom stereocenters. The molecular weight excluding hydrogens is 332 g/mol. The second-order valence-corrected chi connectivity index (χ2v) is 6.94. The van der Waals surface area contributed by atoms with E-state index in [9.17, 15) is 4.79 Å². The van der Waals surface area contributed by atoms with Crippen LogP contribution in [0, 0.1) is 4.77 Å². The monoisotopic (exact) mass is 352 g/mol. The van der Waals surface area contributed by atoms with Crippen molar-refractivity contribution in [3.05, 3.63) is 22.3 Å². The smallest absolute Gasteiger partial charge is 0.222 e. The van der Waals surface area contributed by atoms with Gasteiger partial charge in [0.15, 0.2) is 10.6 Å². The summed E-state index contributed by atoms with van der Waals surface area (Å²) in [5, 5.41) is 12.2. The highest BCUT2D eigenvalue weighted by molar-refractivity contribution is 7.71. The number of nitrogens with zero attached hydrogens (tertiary/aromatic N) is 2. The van der Waals surface area contributed by atoms with E-state index in [4.69, 9.17) is 17.0 Å². The average Bonchev–Trinajstić information content (AvgIpc) is 3.25. The normalized spacial score (nSPS) is 20.7. The zero-order chi connectivity index (χ0) is 16.2. The minimum absolute atomic E-state index is 0.0270. The molecule has 124 valence electrons. The van der Waals surface area contributed by atoms with Crippen LogP contribution < -0.4 is 5.32 Å². The van der Waals surface area contributed by atoms with Gasteiger partial charge in [-0.1, -0.05) is 6.07 Å². The van der Waals surface area contributed by atoms with Gasteiger partial charge in [-0.15, -0.1) is 11.3 Å². The summed E-state index contributed by atoms with van der Waals surface area (Å²) >= 11 is 6.88. The Morgan fingerprint density at radius 3 is 3.22 bits per heavy atom. The fraction of sp³-hybridized carbons (Fsp3) is 0.533. The predicted molar refractivity (Wildman–Crippen MR) is 91.9 cm³/mol. The van der Waals surface area contributed by atoms with E-state index < -0.39 is 0 Å². The maximum Gasteiger partial charge on any atom is 0.222 e. The van der Waals surface area contributed by atoms with Crippen LogP contribution in [0.3, 0.4) is 0 Å². The molecule has 0 saturated heterocycles. The summed E-state index contributed by atoms with van der Waals surface area (Å²) in [5.41, 5.74) is 0. The van der Waals surface area contributed by atoms with Crippen LogP contribution in [0.4, 0.5) is 0 Å². The number of methoxy groups -OCH3 is 1. The Balaban J connectivity index is 1.61. The quantitative estimate of drug-likeness (QED) is 0.784. The molecule has 1 fully saturated rings. The van der Waals surface area contributed by atoms with Gasteiger partial charge in [0.1, 0.15) is 0 Å². The number of ether oxygens (including phenoxy) is 1. The molecule has 2 heterocycles. The van der Waals surface area contributed by atoms with Crippen LogP contribution in [0.25, 0.3) is 10.7 Å². The number of rotatable bonds is 6. The Morgan fingerprint density at radius 1 is 1.61 bits per heavy atom. The lowest BCUT2D eigenvalue weighted by Crippen LogP contribution is -2.41. The third-order valence-electron chi connectivity index (χ3n) is 4.16. The SMILES string of the molecule is CO[C@@H]1CCC[C@H]1NC(=O)CCn1c(-c2cccs2)n[nH]c1=S. The fourth-order valence-corrected chi connectivity index (χ4v) is 3.93. The summed E-state index contributed by atoms with van der Waals surface area (Å²) in [6.07, 6.45) is 3.60. The van der Waals surface area contributed by atoms with Crippen LogP contribution >= 0.6 is 23.6 Å². The number of carbonyl (C=O) groups excluding carboxylic acids is 1. The number of thiophene rings is 1. The van der Waals surface area contributed by atoms with Crippen molar-refractivity contribution in [3.8, 4) is 10.7 Å². The van der Waals surface area contributed by atoms with Crippen molar-refractivity contribution >= 4 is 29.5 Å². The molecule has 2 aromatic heterocycles. The van der Waals surface area contributed by atoms with E-state index in [0.29, 0.717) is 17.7 Å². The first-order valence-corrected chi connectivity index (χ1v) is 8.99. The molecule has 23 heavy (non-hydrogen) atoms. The van der Waals surface area contributed by atoms with Crippen LogP contribution in [-0.4, -0.2) is 39.9 Å². The summed E-state index contributed by atoms with van der Waals surface area (Å²) in [6, 6.07) is 4.09. The molecule has 2 N–H and O–H groups in total. The molecule has 0 radical (unpaired) electrons. The number of H-pyrrole nitrogens is 1. The minimum atomic E-state index is 0.0270. The Bertz CT molecular complexity index is 707. The van der Waals surface area contributed by atoms with Gasteiger partial charge in [-0.05, 0) is 42.9 Å². The number of hydrogen-bond donors (Lipinski definition) is 2. The van der Waals surface area contributed by atoms with E-state index in [-0.39, 0.29) is 18.1 Å². The van der Waals surface area contributed by atoms with Gasteiger partial charge in [-0.2, -0.15) is 5.10 Å². The summed E-state index contributed by atoms with van der Waals surface area (Å²) in [5.74, 6) is 0.813. The molecular formula is C15H20N4O2S2. The summed E-state index contributed by atoms with van der Waals surface area (Å²) in [7, 11) is 1.70. The van der Waals surface area contributed by atoms with E-state index in [1.807, 2.05) is 22.1 Å². The minimum Gasteiger partial charge on any atom is -0.379 e. The van der Waals surface area contributed by atoms with Crippen LogP contribution in [0.5, 0.6) is 0 Å². The van der Waals surface area contributed by atoms with Crippen molar-refractivity contribution in [1.29, 1.82) is 0 Å². The lowest BCUT2D eigenvalue weighted by molar-refractivity contribution is -0.122. The molecule has 0 aliphatic heterocycles.